The van der Waals surface area contributed by atoms with Crippen LogP contribution in [0.15, 0.2) is 42.7 Å². The van der Waals surface area contributed by atoms with Crippen LogP contribution < -0.4 is 5.32 Å². The van der Waals surface area contributed by atoms with Gasteiger partial charge in [-0.25, -0.2) is 4.98 Å². The summed E-state index contributed by atoms with van der Waals surface area (Å²) < 4.78 is 0. The largest absolute Gasteiger partial charge is 0.351 e. The molecule has 0 bridgehead atoms. The normalized spacial score (nSPS) is 10.6. The van der Waals surface area contributed by atoms with Crippen LogP contribution in [0.5, 0.6) is 0 Å². The first kappa shape index (κ1) is 17.9. The summed E-state index contributed by atoms with van der Waals surface area (Å²) in [5.41, 5.74) is 3.05. The molecule has 1 amide bonds. The molecule has 0 aliphatic rings. The third-order valence-electron chi connectivity index (χ3n) is 3.56. The Bertz CT molecular complexity index is 816. The number of fused-ring (bicyclic) bond motifs is 1. The molecule has 6 nitrogen and oxygen atoms in total. The Hall–Kier alpha value is -2.44. The number of nitrogens with one attached hydrogen (secondary N) is 2. The van der Waals surface area contributed by atoms with Crippen molar-refractivity contribution in [1.29, 1.82) is 0 Å². The van der Waals surface area contributed by atoms with Crippen LogP contribution in [0.1, 0.15) is 10.4 Å². The van der Waals surface area contributed by atoms with Gasteiger partial charge in [0.2, 0.25) is 0 Å². The molecular weight excluding hydrogens is 326 g/mol. The van der Waals surface area contributed by atoms with Crippen molar-refractivity contribution >= 4 is 29.3 Å². The van der Waals surface area contributed by atoms with Gasteiger partial charge in [0.1, 0.15) is 11.3 Å². The zero-order valence-corrected chi connectivity index (χ0v) is 14.4. The molecule has 0 saturated carbocycles. The minimum atomic E-state index is -0.106. The molecule has 2 heterocycles. The minimum Gasteiger partial charge on any atom is -0.351 e. The lowest BCUT2D eigenvalue weighted by Crippen LogP contribution is -2.31. The van der Waals surface area contributed by atoms with E-state index in [4.69, 9.17) is 0 Å². The molecule has 7 heteroatoms. The number of amides is 1. The van der Waals surface area contributed by atoms with Crippen LogP contribution in [-0.2, 0) is 0 Å². The van der Waals surface area contributed by atoms with Gasteiger partial charge in [0.05, 0.1) is 11.1 Å². The summed E-state index contributed by atoms with van der Waals surface area (Å²) in [6, 6.07) is 9.34. The number of carbonyl (C=O) groups excluding carboxylic acids is 1. The molecule has 0 atom stereocenters. The molecule has 0 saturated heterocycles. The third-order valence-corrected chi connectivity index (χ3v) is 3.56. The van der Waals surface area contributed by atoms with E-state index in [2.05, 4.69) is 20.3 Å². The topological polar surface area (TPSA) is 73.9 Å². The van der Waals surface area contributed by atoms with E-state index in [1.165, 1.54) is 0 Å². The fraction of sp³-hybridized carbons (Fsp3) is 0.235. The second kappa shape index (κ2) is 7.90. The zero-order valence-electron chi connectivity index (χ0n) is 13.6. The monoisotopic (exact) mass is 345 g/mol. The molecule has 2 N–H and O–H groups in total. The summed E-state index contributed by atoms with van der Waals surface area (Å²) in [5, 5.41) is 2.93. The zero-order chi connectivity index (χ0) is 16.2. The Morgan fingerprint density at radius 3 is 2.67 bits per heavy atom. The van der Waals surface area contributed by atoms with Crippen molar-refractivity contribution < 1.29 is 4.79 Å². The number of pyridine rings is 1. The maximum absolute atomic E-state index is 12.4. The molecular formula is C17H20ClN5O. The van der Waals surface area contributed by atoms with Gasteiger partial charge in [-0.15, -0.1) is 12.4 Å². The molecule has 0 radical (unpaired) electrons. The lowest BCUT2D eigenvalue weighted by molar-refractivity contribution is 0.0952. The highest BCUT2D eigenvalue weighted by atomic mass is 35.5. The average Bonchev–Trinajstić information content (AvgIpc) is 2.99. The lowest BCUT2D eigenvalue weighted by Gasteiger charge is -2.10. The summed E-state index contributed by atoms with van der Waals surface area (Å²) in [6.07, 6.45) is 3.44. The highest BCUT2D eigenvalue weighted by Crippen LogP contribution is 2.22. The standard InChI is InChI=1S/C17H19N5O.ClH/c1-22(2)11-10-19-17(23)13-4-3-5-14-15(13)21-16(20-14)12-6-8-18-9-7-12;/h3-9H,10-11H2,1-2H3,(H,19,23)(H,20,21);1H. The van der Waals surface area contributed by atoms with Gasteiger partial charge in [-0.2, -0.15) is 0 Å². The number of hydrogen-bond donors (Lipinski definition) is 2. The number of hydrogen-bond acceptors (Lipinski definition) is 4. The second-order valence-electron chi connectivity index (χ2n) is 5.58. The molecule has 0 unspecified atom stereocenters. The summed E-state index contributed by atoms with van der Waals surface area (Å²) in [7, 11) is 3.95. The Labute approximate surface area is 146 Å². The highest BCUT2D eigenvalue weighted by Gasteiger charge is 2.14. The quantitative estimate of drug-likeness (QED) is 0.744. The third kappa shape index (κ3) is 3.90. The van der Waals surface area contributed by atoms with E-state index in [1.54, 1.807) is 18.5 Å². The predicted octanol–water partition coefficient (Wildman–Crippen LogP) is 2.34. The van der Waals surface area contributed by atoms with E-state index >= 15 is 0 Å². The van der Waals surface area contributed by atoms with Crippen LogP contribution in [0, 0.1) is 0 Å². The molecule has 0 aliphatic heterocycles. The number of aromatic nitrogens is 3. The maximum Gasteiger partial charge on any atom is 0.253 e. The summed E-state index contributed by atoms with van der Waals surface area (Å²) in [4.78, 5) is 26.3. The van der Waals surface area contributed by atoms with Gasteiger partial charge < -0.3 is 15.2 Å². The van der Waals surface area contributed by atoms with E-state index in [0.717, 1.165) is 23.4 Å². The molecule has 0 fully saturated rings. The van der Waals surface area contributed by atoms with Crippen molar-refractivity contribution in [2.75, 3.05) is 27.2 Å². The van der Waals surface area contributed by atoms with E-state index in [9.17, 15) is 4.79 Å². The summed E-state index contributed by atoms with van der Waals surface area (Å²) in [6.45, 7) is 1.40. The minimum absolute atomic E-state index is 0. The second-order valence-corrected chi connectivity index (χ2v) is 5.58. The number of likely N-dealkylation sites (N-methyl/N-ethyl adjacent to an activating group) is 1. The first-order valence-electron chi connectivity index (χ1n) is 7.47. The van der Waals surface area contributed by atoms with Crippen LogP contribution in [0.3, 0.4) is 0 Å². The van der Waals surface area contributed by atoms with Gasteiger partial charge in [0.15, 0.2) is 0 Å². The number of carbonyl (C=O) groups is 1. The lowest BCUT2D eigenvalue weighted by atomic mass is 10.1. The van der Waals surface area contributed by atoms with Crippen LogP contribution in [0.4, 0.5) is 0 Å². The van der Waals surface area contributed by atoms with Crippen molar-refractivity contribution in [3.63, 3.8) is 0 Å². The number of imidazole rings is 1. The fourth-order valence-corrected chi connectivity index (χ4v) is 2.35. The number of benzene rings is 1. The van der Waals surface area contributed by atoms with Crippen molar-refractivity contribution in [3.8, 4) is 11.4 Å². The molecule has 3 aromatic rings. The first-order valence-corrected chi connectivity index (χ1v) is 7.47. The molecule has 24 heavy (non-hydrogen) atoms. The molecule has 126 valence electrons. The van der Waals surface area contributed by atoms with Crippen molar-refractivity contribution in [3.05, 3.63) is 48.3 Å². The summed E-state index contributed by atoms with van der Waals surface area (Å²) >= 11 is 0. The van der Waals surface area contributed by atoms with E-state index < -0.39 is 0 Å². The number of para-hydroxylation sites is 1. The van der Waals surface area contributed by atoms with Gasteiger partial charge in [-0.1, -0.05) is 6.07 Å². The SMILES string of the molecule is CN(C)CCNC(=O)c1cccc2[nH]c(-c3ccncc3)nc12.Cl. The Morgan fingerprint density at radius 1 is 1.21 bits per heavy atom. The molecule has 0 spiro atoms. The molecule has 3 rings (SSSR count). The molecule has 0 aliphatic carbocycles. The molecule has 1 aromatic carbocycles. The first-order chi connectivity index (χ1) is 11.1. The predicted molar refractivity (Wildman–Crippen MR) is 97.5 cm³/mol. The van der Waals surface area contributed by atoms with Gasteiger partial charge in [-0.05, 0) is 38.4 Å². The smallest absolute Gasteiger partial charge is 0.253 e. The highest BCUT2D eigenvalue weighted by molar-refractivity contribution is 6.05. The van der Waals surface area contributed by atoms with Crippen LogP contribution >= 0.6 is 12.4 Å². The Balaban J connectivity index is 0.00000208. The Kier molecular flexibility index (Phi) is 5.89. The van der Waals surface area contributed by atoms with Crippen LogP contribution in [0.2, 0.25) is 0 Å². The van der Waals surface area contributed by atoms with E-state index in [0.29, 0.717) is 17.6 Å². The summed E-state index contributed by atoms with van der Waals surface area (Å²) in [5.74, 6) is 0.626. The van der Waals surface area contributed by atoms with Crippen molar-refractivity contribution in [1.82, 2.24) is 25.2 Å². The van der Waals surface area contributed by atoms with E-state index in [-0.39, 0.29) is 18.3 Å². The Morgan fingerprint density at radius 2 is 1.96 bits per heavy atom. The van der Waals surface area contributed by atoms with E-state index in [1.807, 2.05) is 43.3 Å². The number of nitrogens with zero attached hydrogens (tertiary/aromatic N) is 3. The van der Waals surface area contributed by atoms with Crippen LogP contribution in [-0.4, -0.2) is 52.9 Å². The molecule has 2 aromatic heterocycles. The maximum atomic E-state index is 12.4. The average molecular weight is 346 g/mol. The number of H-pyrrole nitrogens is 1. The van der Waals surface area contributed by atoms with Gasteiger partial charge in [0.25, 0.3) is 5.91 Å². The number of rotatable bonds is 5. The number of aromatic amines is 1. The number of halogens is 1. The van der Waals surface area contributed by atoms with Gasteiger partial charge in [-0.3, -0.25) is 9.78 Å². The van der Waals surface area contributed by atoms with Crippen LogP contribution in [0.25, 0.3) is 22.4 Å². The van der Waals surface area contributed by atoms with Gasteiger partial charge in [0, 0.05) is 31.0 Å². The van der Waals surface area contributed by atoms with Crippen molar-refractivity contribution in [2.45, 2.75) is 0 Å². The van der Waals surface area contributed by atoms with Crippen molar-refractivity contribution in [2.24, 2.45) is 0 Å². The fourth-order valence-electron chi connectivity index (χ4n) is 2.35. The van der Waals surface area contributed by atoms with Gasteiger partial charge >= 0.3 is 0 Å².